The average Bonchev–Trinajstić information content (AvgIpc) is 3.25. The highest BCUT2D eigenvalue weighted by molar-refractivity contribution is 7.98. The van der Waals surface area contributed by atoms with Crippen LogP contribution in [-0.4, -0.2) is 28.7 Å². The summed E-state index contributed by atoms with van der Waals surface area (Å²) in [5.41, 5.74) is 4.09. The zero-order chi connectivity index (χ0) is 18.7. The molecule has 1 aromatic carbocycles. The minimum atomic E-state index is 0.0736. The highest BCUT2D eigenvalue weighted by atomic mass is 32.2. The Balaban J connectivity index is 1.76. The molecule has 26 heavy (non-hydrogen) atoms. The van der Waals surface area contributed by atoms with E-state index in [9.17, 15) is 4.79 Å². The molecule has 0 fully saturated rings. The summed E-state index contributed by atoms with van der Waals surface area (Å²) in [6, 6.07) is 14.6. The maximum atomic E-state index is 13.0. The molecule has 1 amide bonds. The number of benzene rings is 1. The summed E-state index contributed by atoms with van der Waals surface area (Å²) in [4.78, 5) is 17.3. The summed E-state index contributed by atoms with van der Waals surface area (Å²) in [6.07, 6.45) is 2.07. The van der Waals surface area contributed by atoms with E-state index in [1.807, 2.05) is 20.0 Å². The smallest absolute Gasteiger partial charge is 0.255 e. The van der Waals surface area contributed by atoms with Crippen LogP contribution >= 0.6 is 23.1 Å². The molecule has 3 rings (SSSR count). The Morgan fingerprint density at radius 1 is 1.19 bits per heavy atom. The fourth-order valence-electron chi connectivity index (χ4n) is 3.10. The molecule has 0 atom stereocenters. The van der Waals surface area contributed by atoms with E-state index >= 15 is 0 Å². The lowest BCUT2D eigenvalue weighted by Gasteiger charge is -2.18. The monoisotopic (exact) mass is 384 g/mol. The molecule has 0 bridgehead atoms. The van der Waals surface area contributed by atoms with Gasteiger partial charge < -0.3 is 9.47 Å². The van der Waals surface area contributed by atoms with Crippen LogP contribution in [-0.2, 0) is 13.1 Å². The first-order valence-corrected chi connectivity index (χ1v) is 10.7. The van der Waals surface area contributed by atoms with Crippen LogP contribution in [0.4, 0.5) is 0 Å². The van der Waals surface area contributed by atoms with Crippen molar-refractivity contribution in [3.8, 4) is 0 Å². The van der Waals surface area contributed by atoms with E-state index in [0.717, 1.165) is 29.1 Å². The molecular formula is C21H24N2OS2. The molecule has 0 spiro atoms. The second-order valence-electron chi connectivity index (χ2n) is 6.46. The molecule has 0 aliphatic rings. The molecule has 2 aromatic heterocycles. The third kappa shape index (κ3) is 4.05. The van der Waals surface area contributed by atoms with Crippen molar-refractivity contribution < 1.29 is 4.79 Å². The number of amides is 1. The standard InChI is InChI=1S/C21H24N2OS2/c1-15-12-20(16(2)23(15)14-19-6-5-11-26-19)21(24)22(3)13-17-7-9-18(25-4)10-8-17/h5-12H,13-14H2,1-4H3. The summed E-state index contributed by atoms with van der Waals surface area (Å²) in [5, 5.41) is 2.09. The van der Waals surface area contributed by atoms with Gasteiger partial charge in [-0.2, -0.15) is 0 Å². The molecule has 3 aromatic rings. The fourth-order valence-corrected chi connectivity index (χ4v) is 4.20. The number of thioether (sulfide) groups is 1. The molecule has 3 nitrogen and oxygen atoms in total. The minimum absolute atomic E-state index is 0.0736. The van der Waals surface area contributed by atoms with E-state index < -0.39 is 0 Å². The van der Waals surface area contributed by atoms with Gasteiger partial charge >= 0.3 is 0 Å². The number of thiophene rings is 1. The largest absolute Gasteiger partial charge is 0.343 e. The van der Waals surface area contributed by atoms with E-state index in [-0.39, 0.29) is 5.91 Å². The van der Waals surface area contributed by atoms with E-state index in [2.05, 4.69) is 59.5 Å². The first-order valence-electron chi connectivity index (χ1n) is 8.57. The van der Waals surface area contributed by atoms with Gasteiger partial charge in [-0.1, -0.05) is 18.2 Å². The molecular weight excluding hydrogens is 360 g/mol. The summed E-state index contributed by atoms with van der Waals surface area (Å²) in [7, 11) is 1.87. The molecule has 0 saturated heterocycles. The lowest BCUT2D eigenvalue weighted by molar-refractivity contribution is 0.0784. The van der Waals surface area contributed by atoms with E-state index in [4.69, 9.17) is 0 Å². The Labute approximate surface area is 163 Å². The van der Waals surface area contributed by atoms with Crippen LogP contribution < -0.4 is 0 Å². The highest BCUT2D eigenvalue weighted by Gasteiger charge is 2.19. The van der Waals surface area contributed by atoms with Gasteiger partial charge in [-0.05, 0) is 55.3 Å². The van der Waals surface area contributed by atoms with Crippen molar-refractivity contribution in [1.29, 1.82) is 0 Å². The first-order chi connectivity index (χ1) is 12.5. The van der Waals surface area contributed by atoms with E-state index in [1.54, 1.807) is 28.0 Å². The number of aromatic nitrogens is 1. The third-order valence-corrected chi connectivity index (χ3v) is 6.23. The van der Waals surface area contributed by atoms with Crippen LogP contribution in [0.5, 0.6) is 0 Å². The van der Waals surface area contributed by atoms with Gasteiger partial charge in [0.05, 0.1) is 12.1 Å². The Hall–Kier alpha value is -1.98. The van der Waals surface area contributed by atoms with Gasteiger partial charge in [0.25, 0.3) is 5.91 Å². The molecule has 5 heteroatoms. The zero-order valence-corrected chi connectivity index (χ0v) is 17.3. The Bertz CT molecular complexity index is 880. The number of rotatable bonds is 6. The summed E-state index contributed by atoms with van der Waals surface area (Å²) >= 11 is 3.47. The normalized spacial score (nSPS) is 10.9. The molecule has 2 heterocycles. The highest BCUT2D eigenvalue weighted by Crippen LogP contribution is 2.21. The lowest BCUT2D eigenvalue weighted by atomic mass is 10.2. The number of carbonyl (C=O) groups is 1. The second kappa shape index (κ2) is 8.14. The van der Waals surface area contributed by atoms with Crippen LogP contribution in [0.3, 0.4) is 0 Å². The summed E-state index contributed by atoms with van der Waals surface area (Å²) in [5.74, 6) is 0.0736. The van der Waals surface area contributed by atoms with Gasteiger partial charge in [0.1, 0.15) is 0 Å². The number of hydrogen-bond acceptors (Lipinski definition) is 3. The predicted molar refractivity (Wildman–Crippen MR) is 111 cm³/mol. The quantitative estimate of drug-likeness (QED) is 0.545. The van der Waals surface area contributed by atoms with Crippen molar-refractivity contribution in [2.75, 3.05) is 13.3 Å². The van der Waals surface area contributed by atoms with Gasteiger partial charge in [0.2, 0.25) is 0 Å². The van der Waals surface area contributed by atoms with Gasteiger partial charge in [0.15, 0.2) is 0 Å². The number of hydrogen-bond donors (Lipinski definition) is 0. The van der Waals surface area contributed by atoms with Crippen LogP contribution in [0.15, 0.2) is 52.7 Å². The van der Waals surface area contributed by atoms with Crippen molar-refractivity contribution >= 4 is 29.0 Å². The Kier molecular flexibility index (Phi) is 5.89. The van der Waals surface area contributed by atoms with E-state index in [0.29, 0.717) is 6.54 Å². The minimum Gasteiger partial charge on any atom is -0.343 e. The molecule has 0 unspecified atom stereocenters. The van der Waals surface area contributed by atoms with Crippen molar-refractivity contribution in [3.63, 3.8) is 0 Å². The summed E-state index contributed by atoms with van der Waals surface area (Å²) in [6.45, 7) is 5.54. The summed E-state index contributed by atoms with van der Waals surface area (Å²) < 4.78 is 2.22. The SMILES string of the molecule is CSc1ccc(CN(C)C(=O)c2cc(C)n(Cc3cccs3)c2C)cc1. The fraction of sp³-hybridized carbons (Fsp3) is 0.286. The predicted octanol–water partition coefficient (Wildman–Crippen LogP) is 5.21. The maximum absolute atomic E-state index is 13.0. The number of carbonyl (C=O) groups excluding carboxylic acids is 1. The van der Waals surface area contributed by atoms with Gasteiger partial charge in [0, 0.05) is 34.8 Å². The zero-order valence-electron chi connectivity index (χ0n) is 15.7. The first kappa shape index (κ1) is 18.8. The Morgan fingerprint density at radius 2 is 1.92 bits per heavy atom. The van der Waals surface area contributed by atoms with Crippen LogP contribution in [0.2, 0.25) is 0 Å². The molecule has 0 N–H and O–H groups in total. The molecule has 0 saturated carbocycles. The lowest BCUT2D eigenvalue weighted by Crippen LogP contribution is -2.26. The topological polar surface area (TPSA) is 25.2 Å². The molecule has 0 aliphatic heterocycles. The Morgan fingerprint density at radius 3 is 2.54 bits per heavy atom. The van der Waals surface area contributed by atoms with Crippen molar-refractivity contribution in [3.05, 3.63) is 75.2 Å². The maximum Gasteiger partial charge on any atom is 0.255 e. The van der Waals surface area contributed by atoms with E-state index in [1.165, 1.54) is 9.77 Å². The molecule has 0 aliphatic carbocycles. The van der Waals surface area contributed by atoms with Gasteiger partial charge in [-0.25, -0.2) is 0 Å². The van der Waals surface area contributed by atoms with Gasteiger partial charge in [-0.3, -0.25) is 4.79 Å². The molecule has 136 valence electrons. The van der Waals surface area contributed by atoms with Crippen LogP contribution in [0.25, 0.3) is 0 Å². The van der Waals surface area contributed by atoms with Gasteiger partial charge in [-0.15, -0.1) is 23.1 Å². The van der Waals surface area contributed by atoms with Crippen molar-refractivity contribution in [2.24, 2.45) is 0 Å². The number of nitrogens with zero attached hydrogens (tertiary/aromatic N) is 2. The third-order valence-electron chi connectivity index (χ3n) is 4.62. The van der Waals surface area contributed by atoms with Crippen LogP contribution in [0, 0.1) is 13.8 Å². The average molecular weight is 385 g/mol. The number of aryl methyl sites for hydroxylation is 1. The molecule has 0 radical (unpaired) electrons. The second-order valence-corrected chi connectivity index (χ2v) is 8.37. The van der Waals surface area contributed by atoms with Crippen molar-refractivity contribution in [2.45, 2.75) is 31.8 Å². The van der Waals surface area contributed by atoms with Crippen molar-refractivity contribution in [1.82, 2.24) is 9.47 Å². The van der Waals surface area contributed by atoms with Crippen LogP contribution in [0.1, 0.15) is 32.2 Å².